The highest BCUT2D eigenvalue weighted by molar-refractivity contribution is 5.13. The normalized spacial score (nSPS) is 22.6. The fourth-order valence-electron chi connectivity index (χ4n) is 3.01. The Morgan fingerprint density at radius 2 is 1.50 bits per heavy atom. The molecule has 3 aliphatic heterocycles. The monoisotopic (exact) mass is 301 g/mol. The number of fused-ring (bicyclic) bond motifs is 6. The zero-order valence-corrected chi connectivity index (χ0v) is 12.2. The second kappa shape index (κ2) is 4.89. The average molecular weight is 301 g/mol. The Bertz CT molecular complexity index is 630. The Morgan fingerprint density at radius 1 is 0.864 bits per heavy atom. The standard InChI is InChI=1S/C15H19N5O2/c21-15(22)10-19-5-4-17(11-19)8-13-2-1-3-14(16-13)9-18-6-7-20(15)12-18/h1-7,21-22H,8-12H2. The number of hydrogen-bond donors (Lipinski definition) is 2. The predicted molar refractivity (Wildman–Crippen MR) is 79.1 cm³/mol. The van der Waals surface area contributed by atoms with Crippen LogP contribution in [0.2, 0.25) is 0 Å². The van der Waals surface area contributed by atoms with Crippen molar-refractivity contribution >= 4 is 0 Å². The molecular weight excluding hydrogens is 282 g/mol. The first-order valence-corrected chi connectivity index (χ1v) is 7.34. The number of hydrogen-bond acceptors (Lipinski definition) is 7. The maximum Gasteiger partial charge on any atom is 0.266 e. The molecule has 7 nitrogen and oxygen atoms in total. The van der Waals surface area contributed by atoms with Crippen LogP contribution < -0.4 is 0 Å². The molecule has 0 aliphatic carbocycles. The number of nitrogens with zero attached hydrogens (tertiary/aromatic N) is 5. The average Bonchev–Trinajstić information content (AvgIpc) is 3.08. The van der Waals surface area contributed by atoms with Crippen molar-refractivity contribution in [3.63, 3.8) is 0 Å². The van der Waals surface area contributed by atoms with Crippen LogP contribution in [0.15, 0.2) is 43.0 Å². The van der Waals surface area contributed by atoms with Crippen LogP contribution in [-0.2, 0) is 13.1 Å². The first-order chi connectivity index (χ1) is 10.6. The Labute approximate surface area is 129 Å². The van der Waals surface area contributed by atoms with Crippen molar-refractivity contribution in [3.8, 4) is 0 Å². The molecule has 0 amide bonds. The predicted octanol–water partition coefficient (Wildman–Crippen LogP) is -0.174. The van der Waals surface area contributed by atoms with E-state index in [1.54, 1.807) is 6.20 Å². The second-order valence-electron chi connectivity index (χ2n) is 5.98. The molecule has 4 heterocycles. The lowest BCUT2D eigenvalue weighted by molar-refractivity contribution is -0.256. The molecule has 0 fully saturated rings. The van der Waals surface area contributed by atoms with Gasteiger partial charge in [-0.1, -0.05) is 6.07 Å². The van der Waals surface area contributed by atoms with Gasteiger partial charge in [0.05, 0.1) is 44.4 Å². The highest BCUT2D eigenvalue weighted by Crippen LogP contribution is 2.22. The molecule has 4 rings (SSSR count). The smallest absolute Gasteiger partial charge is 0.266 e. The Balaban J connectivity index is 1.66. The van der Waals surface area contributed by atoms with Gasteiger partial charge >= 0.3 is 0 Å². The maximum absolute atomic E-state index is 10.4. The van der Waals surface area contributed by atoms with Crippen LogP contribution in [0.3, 0.4) is 0 Å². The van der Waals surface area contributed by atoms with E-state index in [0.717, 1.165) is 11.4 Å². The van der Waals surface area contributed by atoms with E-state index in [0.29, 0.717) is 26.4 Å². The van der Waals surface area contributed by atoms with Gasteiger partial charge in [-0.15, -0.1) is 0 Å². The first kappa shape index (κ1) is 13.4. The van der Waals surface area contributed by atoms with Crippen molar-refractivity contribution in [2.75, 3.05) is 19.9 Å². The van der Waals surface area contributed by atoms with E-state index in [-0.39, 0.29) is 6.54 Å². The summed E-state index contributed by atoms with van der Waals surface area (Å²) in [5.74, 6) is -1.90. The second-order valence-corrected chi connectivity index (χ2v) is 5.98. The lowest BCUT2D eigenvalue weighted by Crippen LogP contribution is -2.53. The van der Waals surface area contributed by atoms with Crippen molar-refractivity contribution in [1.82, 2.24) is 24.6 Å². The molecule has 22 heavy (non-hydrogen) atoms. The summed E-state index contributed by atoms with van der Waals surface area (Å²) in [6.07, 6.45) is 7.43. The van der Waals surface area contributed by atoms with Crippen molar-refractivity contribution in [2.45, 2.75) is 19.0 Å². The molecular formula is C15H19N5O2. The molecule has 2 N–H and O–H groups in total. The Kier molecular flexibility index (Phi) is 2.98. The van der Waals surface area contributed by atoms with Gasteiger partial charge in [0.2, 0.25) is 0 Å². The summed E-state index contributed by atoms with van der Waals surface area (Å²) in [5, 5.41) is 20.8. The van der Waals surface area contributed by atoms with E-state index >= 15 is 0 Å². The minimum Gasteiger partial charge on any atom is -0.353 e. The van der Waals surface area contributed by atoms with Crippen molar-refractivity contribution in [3.05, 3.63) is 54.4 Å². The van der Waals surface area contributed by atoms with E-state index in [2.05, 4.69) is 4.90 Å². The molecule has 7 heteroatoms. The molecule has 0 radical (unpaired) electrons. The summed E-state index contributed by atoms with van der Waals surface area (Å²) in [6, 6.07) is 6.04. The van der Waals surface area contributed by atoms with Crippen LogP contribution in [0.4, 0.5) is 0 Å². The molecule has 0 unspecified atom stereocenters. The van der Waals surface area contributed by atoms with Gasteiger partial charge in [-0.05, 0) is 12.1 Å². The van der Waals surface area contributed by atoms with Gasteiger partial charge in [0.25, 0.3) is 5.91 Å². The molecule has 0 spiro atoms. The number of aromatic nitrogens is 1. The van der Waals surface area contributed by atoms with Crippen LogP contribution >= 0.6 is 0 Å². The molecule has 3 aliphatic rings. The fourth-order valence-corrected chi connectivity index (χ4v) is 3.01. The van der Waals surface area contributed by atoms with Gasteiger partial charge in [-0.2, -0.15) is 0 Å². The number of pyridine rings is 1. The number of aliphatic hydroxyl groups is 2. The van der Waals surface area contributed by atoms with Gasteiger partial charge in [-0.25, -0.2) is 0 Å². The molecule has 116 valence electrons. The molecule has 0 atom stereocenters. The van der Waals surface area contributed by atoms with Gasteiger partial charge in [0, 0.05) is 24.8 Å². The Morgan fingerprint density at radius 3 is 2.27 bits per heavy atom. The van der Waals surface area contributed by atoms with Crippen LogP contribution in [0, 0.1) is 0 Å². The first-order valence-electron chi connectivity index (χ1n) is 7.34. The van der Waals surface area contributed by atoms with Gasteiger partial charge in [0.1, 0.15) is 0 Å². The van der Waals surface area contributed by atoms with E-state index in [1.165, 1.54) is 4.90 Å². The Hall–Kier alpha value is -2.25. The van der Waals surface area contributed by atoms with E-state index in [1.807, 2.05) is 46.6 Å². The summed E-state index contributed by atoms with van der Waals surface area (Å²) in [6.45, 7) is 2.54. The molecule has 0 saturated heterocycles. The van der Waals surface area contributed by atoms with Crippen LogP contribution in [-0.4, -0.2) is 60.6 Å². The van der Waals surface area contributed by atoms with Crippen molar-refractivity contribution in [1.29, 1.82) is 0 Å². The zero-order valence-electron chi connectivity index (χ0n) is 12.2. The summed E-state index contributed by atoms with van der Waals surface area (Å²) >= 11 is 0. The van der Waals surface area contributed by atoms with Gasteiger partial charge < -0.3 is 29.8 Å². The van der Waals surface area contributed by atoms with Crippen LogP contribution in [0.5, 0.6) is 0 Å². The lowest BCUT2D eigenvalue weighted by Gasteiger charge is -2.35. The molecule has 6 bridgehead atoms. The van der Waals surface area contributed by atoms with Gasteiger partial charge in [0.15, 0.2) is 0 Å². The maximum atomic E-state index is 10.4. The summed E-state index contributed by atoms with van der Waals surface area (Å²) in [5.41, 5.74) is 1.99. The topological polar surface area (TPSA) is 66.3 Å². The lowest BCUT2D eigenvalue weighted by atomic mass is 10.3. The van der Waals surface area contributed by atoms with E-state index in [9.17, 15) is 10.2 Å². The molecule has 0 aromatic carbocycles. The van der Waals surface area contributed by atoms with E-state index < -0.39 is 5.91 Å². The highest BCUT2D eigenvalue weighted by atomic mass is 16.5. The SMILES string of the molecule is OC1(O)CN2C=CN(Cc3cccc(n3)CN3C=CN1C3)C2. The quantitative estimate of drug-likeness (QED) is 0.645. The molecule has 1 aromatic heterocycles. The van der Waals surface area contributed by atoms with Crippen LogP contribution in [0.1, 0.15) is 11.4 Å². The van der Waals surface area contributed by atoms with Gasteiger partial charge in [-0.3, -0.25) is 4.98 Å². The zero-order chi connectivity index (χ0) is 15.2. The van der Waals surface area contributed by atoms with Crippen molar-refractivity contribution < 1.29 is 10.2 Å². The summed E-state index contributed by atoms with van der Waals surface area (Å²) < 4.78 is 0. The molecule has 0 saturated carbocycles. The fraction of sp³-hybridized carbons (Fsp3) is 0.400. The molecule has 1 aromatic rings. The summed E-state index contributed by atoms with van der Waals surface area (Å²) in [4.78, 5) is 12.2. The largest absolute Gasteiger partial charge is 0.353 e. The minimum absolute atomic E-state index is 0.128. The third-order valence-electron chi connectivity index (χ3n) is 4.11. The van der Waals surface area contributed by atoms with E-state index in [4.69, 9.17) is 4.98 Å². The number of rotatable bonds is 0. The third-order valence-corrected chi connectivity index (χ3v) is 4.11. The van der Waals surface area contributed by atoms with Crippen molar-refractivity contribution in [2.24, 2.45) is 0 Å². The minimum atomic E-state index is -1.90. The third kappa shape index (κ3) is 2.49. The summed E-state index contributed by atoms with van der Waals surface area (Å²) in [7, 11) is 0. The van der Waals surface area contributed by atoms with Crippen LogP contribution in [0.25, 0.3) is 0 Å². The highest BCUT2D eigenvalue weighted by Gasteiger charge is 2.36.